The fraction of sp³-hybridized carbons (Fsp3) is 0.417. The van der Waals surface area contributed by atoms with Crippen LogP contribution in [0.15, 0.2) is 24.3 Å². The van der Waals surface area contributed by atoms with Gasteiger partial charge in [-0.3, -0.25) is 4.79 Å². The highest BCUT2D eigenvalue weighted by Crippen LogP contribution is 2.22. The third-order valence-corrected chi connectivity index (χ3v) is 2.77. The minimum absolute atomic E-state index is 0.0393. The first-order valence-corrected chi connectivity index (χ1v) is 5.36. The van der Waals surface area contributed by atoms with E-state index in [0.29, 0.717) is 18.5 Å². The number of Topliss-reactive ketones (excluding diaryl/α,β-unsaturated/α-hetero) is 1. The Balaban J connectivity index is 2.08. The van der Waals surface area contributed by atoms with Crippen molar-refractivity contribution >= 4 is 5.78 Å². The molecule has 2 unspecified atom stereocenters. The highest BCUT2D eigenvalue weighted by Gasteiger charge is 2.30. The Kier molecular flexibility index (Phi) is 3.31. The van der Waals surface area contributed by atoms with Crippen LogP contribution in [-0.2, 0) is 4.74 Å². The predicted molar refractivity (Wildman–Crippen MR) is 57.7 cm³/mol. The summed E-state index contributed by atoms with van der Waals surface area (Å²) in [6, 6.07) is 5.68. The van der Waals surface area contributed by atoms with Gasteiger partial charge in [-0.25, -0.2) is 4.39 Å². The van der Waals surface area contributed by atoms with Crippen molar-refractivity contribution in [1.82, 2.24) is 0 Å². The monoisotopic (exact) mass is 223 g/mol. The smallest absolute Gasteiger partial charge is 0.191 e. The lowest BCUT2D eigenvalue weighted by atomic mass is 10.0. The van der Waals surface area contributed by atoms with Crippen molar-refractivity contribution < 1.29 is 13.9 Å². The van der Waals surface area contributed by atoms with Crippen LogP contribution in [0.25, 0.3) is 0 Å². The molecule has 1 aromatic rings. The number of hydrogen-bond donors (Lipinski definition) is 1. The normalized spacial score (nSPS) is 24.6. The van der Waals surface area contributed by atoms with Crippen LogP contribution in [0.3, 0.4) is 0 Å². The molecule has 0 radical (unpaired) electrons. The second-order valence-electron chi connectivity index (χ2n) is 3.93. The van der Waals surface area contributed by atoms with Crippen molar-refractivity contribution in [2.75, 3.05) is 6.54 Å². The van der Waals surface area contributed by atoms with E-state index in [9.17, 15) is 9.18 Å². The molecule has 1 saturated heterocycles. The number of benzene rings is 1. The van der Waals surface area contributed by atoms with E-state index < -0.39 is 11.9 Å². The van der Waals surface area contributed by atoms with Gasteiger partial charge < -0.3 is 10.5 Å². The molecule has 0 saturated carbocycles. The van der Waals surface area contributed by atoms with Gasteiger partial charge in [0.15, 0.2) is 5.78 Å². The average molecular weight is 223 g/mol. The average Bonchev–Trinajstić information content (AvgIpc) is 2.76. The molecule has 86 valence electrons. The number of hydrogen-bond acceptors (Lipinski definition) is 3. The summed E-state index contributed by atoms with van der Waals surface area (Å²) in [5, 5.41) is 0. The molecule has 0 aliphatic carbocycles. The zero-order chi connectivity index (χ0) is 11.5. The number of ketones is 1. The van der Waals surface area contributed by atoms with E-state index in [1.54, 1.807) is 6.07 Å². The van der Waals surface area contributed by atoms with Crippen molar-refractivity contribution in [2.24, 2.45) is 5.73 Å². The molecule has 2 rings (SSSR count). The molecule has 0 spiro atoms. The number of ether oxygens (including phenoxy) is 1. The Morgan fingerprint density at radius 2 is 2.31 bits per heavy atom. The van der Waals surface area contributed by atoms with Crippen molar-refractivity contribution in [3.63, 3.8) is 0 Å². The molecule has 1 aromatic carbocycles. The SMILES string of the molecule is NCC1CCC(C(=O)c2cccc(F)c2)O1. The molecule has 0 bridgehead atoms. The van der Waals surface area contributed by atoms with Crippen molar-refractivity contribution in [3.05, 3.63) is 35.6 Å². The van der Waals surface area contributed by atoms with Gasteiger partial charge >= 0.3 is 0 Å². The molecule has 3 nitrogen and oxygen atoms in total. The molecule has 1 aliphatic rings. The van der Waals surface area contributed by atoms with Crippen molar-refractivity contribution in [3.8, 4) is 0 Å². The number of carbonyl (C=O) groups is 1. The van der Waals surface area contributed by atoms with Crippen LogP contribution in [0.1, 0.15) is 23.2 Å². The molecule has 0 amide bonds. The van der Waals surface area contributed by atoms with E-state index in [0.717, 1.165) is 6.42 Å². The van der Waals surface area contributed by atoms with E-state index in [2.05, 4.69) is 0 Å². The minimum atomic E-state index is -0.463. The summed E-state index contributed by atoms with van der Waals surface area (Å²) in [4.78, 5) is 11.9. The lowest BCUT2D eigenvalue weighted by molar-refractivity contribution is 0.0404. The first kappa shape index (κ1) is 11.2. The van der Waals surface area contributed by atoms with Crippen LogP contribution in [0.2, 0.25) is 0 Å². The first-order valence-electron chi connectivity index (χ1n) is 5.36. The molecule has 2 atom stereocenters. The molecule has 1 heterocycles. The summed E-state index contributed by atoms with van der Waals surface area (Å²) < 4.78 is 18.4. The van der Waals surface area contributed by atoms with Crippen LogP contribution in [0, 0.1) is 5.82 Å². The number of rotatable bonds is 3. The number of carbonyl (C=O) groups excluding carboxylic acids is 1. The van der Waals surface area contributed by atoms with Crippen molar-refractivity contribution in [1.29, 1.82) is 0 Å². The van der Waals surface area contributed by atoms with E-state index in [4.69, 9.17) is 10.5 Å². The highest BCUT2D eigenvalue weighted by atomic mass is 19.1. The van der Waals surface area contributed by atoms with E-state index in [1.165, 1.54) is 18.2 Å². The molecule has 16 heavy (non-hydrogen) atoms. The summed E-state index contributed by atoms with van der Waals surface area (Å²) in [6.45, 7) is 0.424. The van der Waals surface area contributed by atoms with Crippen LogP contribution >= 0.6 is 0 Å². The Morgan fingerprint density at radius 3 is 2.94 bits per heavy atom. The molecule has 4 heteroatoms. The fourth-order valence-corrected chi connectivity index (χ4v) is 1.90. The fourth-order valence-electron chi connectivity index (χ4n) is 1.90. The summed E-state index contributed by atoms with van der Waals surface area (Å²) >= 11 is 0. The van der Waals surface area contributed by atoms with Crippen molar-refractivity contribution in [2.45, 2.75) is 25.0 Å². The Morgan fingerprint density at radius 1 is 1.50 bits per heavy atom. The number of nitrogens with two attached hydrogens (primary N) is 1. The number of halogens is 1. The van der Waals surface area contributed by atoms with Crippen LogP contribution < -0.4 is 5.73 Å². The van der Waals surface area contributed by atoms with E-state index >= 15 is 0 Å². The van der Waals surface area contributed by atoms with Gasteiger partial charge in [0, 0.05) is 12.1 Å². The first-order chi connectivity index (χ1) is 7.70. The topological polar surface area (TPSA) is 52.3 Å². The molecule has 1 fully saturated rings. The summed E-state index contributed by atoms with van der Waals surface area (Å²) in [5.74, 6) is -0.560. The van der Waals surface area contributed by atoms with Gasteiger partial charge in [0.25, 0.3) is 0 Å². The maximum absolute atomic E-state index is 12.9. The predicted octanol–water partition coefficient (Wildman–Crippen LogP) is 1.51. The van der Waals surface area contributed by atoms with Gasteiger partial charge in [0.1, 0.15) is 11.9 Å². The van der Waals surface area contributed by atoms with Gasteiger partial charge in [-0.1, -0.05) is 12.1 Å². The van der Waals surface area contributed by atoms with Gasteiger partial charge in [-0.05, 0) is 25.0 Å². The second-order valence-corrected chi connectivity index (χ2v) is 3.93. The Bertz CT molecular complexity index is 394. The zero-order valence-electron chi connectivity index (χ0n) is 8.86. The van der Waals surface area contributed by atoms with Crippen LogP contribution in [-0.4, -0.2) is 24.5 Å². The lowest BCUT2D eigenvalue weighted by Gasteiger charge is -2.11. The standard InChI is InChI=1S/C12H14FNO2/c13-9-3-1-2-8(6-9)12(15)11-5-4-10(7-14)16-11/h1-3,6,10-11H,4-5,7,14H2. The Hall–Kier alpha value is -1.26. The van der Waals surface area contributed by atoms with Gasteiger partial charge in [-0.15, -0.1) is 0 Å². The van der Waals surface area contributed by atoms with Gasteiger partial charge in [0.2, 0.25) is 0 Å². The molecular weight excluding hydrogens is 209 g/mol. The van der Waals surface area contributed by atoms with Gasteiger partial charge in [-0.2, -0.15) is 0 Å². The quantitative estimate of drug-likeness (QED) is 0.790. The van der Waals surface area contributed by atoms with Crippen LogP contribution in [0.4, 0.5) is 4.39 Å². The Labute approximate surface area is 93.4 Å². The molecule has 1 aliphatic heterocycles. The minimum Gasteiger partial charge on any atom is -0.366 e. The third kappa shape index (κ3) is 2.28. The largest absolute Gasteiger partial charge is 0.366 e. The zero-order valence-corrected chi connectivity index (χ0v) is 8.86. The summed E-state index contributed by atoms with van der Waals surface area (Å²) in [6.07, 6.45) is 0.956. The summed E-state index contributed by atoms with van der Waals surface area (Å²) in [5.41, 5.74) is 5.83. The summed E-state index contributed by atoms with van der Waals surface area (Å²) in [7, 11) is 0. The maximum Gasteiger partial charge on any atom is 0.191 e. The maximum atomic E-state index is 12.9. The highest BCUT2D eigenvalue weighted by molar-refractivity contribution is 5.99. The molecular formula is C12H14FNO2. The second kappa shape index (κ2) is 4.72. The molecule has 2 N–H and O–H groups in total. The van der Waals surface area contributed by atoms with E-state index in [1.807, 2.05) is 0 Å². The molecule has 0 aromatic heterocycles. The van der Waals surface area contributed by atoms with Crippen LogP contribution in [0.5, 0.6) is 0 Å². The van der Waals surface area contributed by atoms with E-state index in [-0.39, 0.29) is 11.9 Å². The van der Waals surface area contributed by atoms with Gasteiger partial charge in [0.05, 0.1) is 6.10 Å². The lowest BCUT2D eigenvalue weighted by Crippen LogP contribution is -2.25. The third-order valence-electron chi connectivity index (χ3n) is 2.77.